The number of rotatable bonds is 7. The van der Waals surface area contributed by atoms with Gasteiger partial charge in [-0.1, -0.05) is 23.5 Å². The van der Waals surface area contributed by atoms with Crippen LogP contribution in [0.2, 0.25) is 0 Å². The Bertz CT molecular complexity index is 935. The van der Waals surface area contributed by atoms with Gasteiger partial charge in [0.25, 0.3) is 0 Å². The van der Waals surface area contributed by atoms with Crippen LogP contribution in [0, 0.1) is 0 Å². The molecular formula is C21H23N2O3S+. The van der Waals surface area contributed by atoms with E-state index in [1.165, 1.54) is 11.3 Å². The first-order valence-corrected chi connectivity index (χ1v) is 9.47. The molecule has 0 aliphatic rings. The van der Waals surface area contributed by atoms with Crippen LogP contribution in [0.4, 0.5) is 5.13 Å². The Morgan fingerprint density at radius 3 is 2.44 bits per heavy atom. The summed E-state index contributed by atoms with van der Waals surface area (Å²) in [5, 5.41) is 2.69. The molecule has 27 heavy (non-hydrogen) atoms. The number of hydrogen-bond acceptors (Lipinski definition) is 5. The van der Waals surface area contributed by atoms with Crippen molar-refractivity contribution in [3.63, 3.8) is 0 Å². The third kappa shape index (κ3) is 4.28. The number of ketones is 1. The minimum atomic E-state index is 0.0336. The van der Waals surface area contributed by atoms with Gasteiger partial charge in [0.05, 0.1) is 20.1 Å². The van der Waals surface area contributed by atoms with Gasteiger partial charge >= 0.3 is 5.13 Å². The molecule has 1 aromatic heterocycles. The molecule has 1 heterocycles. The first kappa shape index (κ1) is 18.9. The molecule has 3 rings (SSSR count). The minimum Gasteiger partial charge on any atom is -0.497 e. The smallest absolute Gasteiger partial charge is 0.329 e. The fourth-order valence-electron chi connectivity index (χ4n) is 3.12. The first-order chi connectivity index (χ1) is 13.0. The number of aromatic amines is 1. The lowest BCUT2D eigenvalue weighted by Crippen LogP contribution is -2.17. The number of Topliss-reactive ketones (excluding diaryl/α,β-unsaturated/α-hetero) is 1. The molecule has 1 atom stereocenters. The molecular weight excluding hydrogens is 360 g/mol. The van der Waals surface area contributed by atoms with Crippen LogP contribution in [0.1, 0.15) is 40.0 Å². The SMILES string of the molecule is COc1ccc(C(Cc2cc(C(C)=O)ccc2OC)c2csc(N)[nH+]2)cc1. The molecule has 0 saturated heterocycles. The predicted octanol–water partition coefficient (Wildman–Crippen LogP) is 3.74. The Kier molecular flexibility index (Phi) is 5.76. The number of thiazole rings is 1. The van der Waals surface area contributed by atoms with E-state index in [1.807, 2.05) is 41.8 Å². The average molecular weight is 383 g/mol. The quantitative estimate of drug-likeness (QED) is 0.631. The lowest BCUT2D eigenvalue weighted by molar-refractivity contribution is -0.368. The van der Waals surface area contributed by atoms with Gasteiger partial charge in [0.15, 0.2) is 5.78 Å². The summed E-state index contributed by atoms with van der Waals surface area (Å²) >= 11 is 1.48. The summed E-state index contributed by atoms with van der Waals surface area (Å²) in [5.41, 5.74) is 9.73. The number of aromatic nitrogens is 1. The third-order valence-electron chi connectivity index (χ3n) is 4.58. The zero-order valence-corrected chi connectivity index (χ0v) is 16.4. The number of carbonyl (C=O) groups excluding carboxylic acids is 1. The van der Waals surface area contributed by atoms with Crippen molar-refractivity contribution in [1.29, 1.82) is 0 Å². The summed E-state index contributed by atoms with van der Waals surface area (Å²) < 4.78 is 10.8. The van der Waals surface area contributed by atoms with E-state index in [0.29, 0.717) is 17.1 Å². The van der Waals surface area contributed by atoms with Crippen molar-refractivity contribution < 1.29 is 19.3 Å². The Morgan fingerprint density at radius 2 is 1.89 bits per heavy atom. The third-order valence-corrected chi connectivity index (χ3v) is 5.31. The van der Waals surface area contributed by atoms with Crippen LogP contribution >= 0.6 is 11.3 Å². The summed E-state index contributed by atoms with van der Waals surface area (Å²) in [6.45, 7) is 1.57. The number of nitrogen functional groups attached to an aromatic ring is 1. The van der Waals surface area contributed by atoms with E-state index in [0.717, 1.165) is 28.3 Å². The van der Waals surface area contributed by atoms with Crippen molar-refractivity contribution >= 4 is 22.3 Å². The van der Waals surface area contributed by atoms with Crippen molar-refractivity contribution in [3.05, 3.63) is 70.2 Å². The van der Waals surface area contributed by atoms with E-state index < -0.39 is 0 Å². The molecule has 3 aromatic rings. The molecule has 1 unspecified atom stereocenters. The number of H-pyrrole nitrogens is 1. The second-order valence-electron chi connectivity index (χ2n) is 6.29. The zero-order chi connectivity index (χ0) is 19.4. The molecule has 0 fully saturated rings. The van der Waals surface area contributed by atoms with Gasteiger partial charge in [-0.15, -0.1) is 0 Å². The molecule has 0 aliphatic heterocycles. The number of hydrogen-bond donors (Lipinski definition) is 1. The van der Waals surface area contributed by atoms with Gasteiger partial charge in [0.2, 0.25) is 0 Å². The standard InChI is InChI=1S/C21H22N2O3S/c1-13(24)15-6-9-20(26-3)16(10-15)11-18(19-12-27-21(22)23-19)14-4-7-17(25-2)8-5-14/h4-10,12,18H,11H2,1-3H3,(H2,22,23)/p+1. The van der Waals surface area contributed by atoms with Gasteiger partial charge in [-0.3, -0.25) is 10.5 Å². The molecule has 0 radical (unpaired) electrons. The highest BCUT2D eigenvalue weighted by molar-refractivity contribution is 7.13. The second-order valence-corrected chi connectivity index (χ2v) is 7.20. The van der Waals surface area contributed by atoms with Crippen LogP contribution in [0.5, 0.6) is 11.5 Å². The van der Waals surface area contributed by atoms with Crippen LogP contribution in [0.25, 0.3) is 0 Å². The van der Waals surface area contributed by atoms with Gasteiger partial charge in [-0.2, -0.15) is 0 Å². The van der Waals surface area contributed by atoms with Gasteiger partial charge in [-0.05, 0) is 54.8 Å². The molecule has 3 N–H and O–H groups in total. The zero-order valence-electron chi connectivity index (χ0n) is 15.6. The number of methoxy groups -OCH3 is 2. The molecule has 0 saturated carbocycles. The highest BCUT2D eigenvalue weighted by Gasteiger charge is 2.22. The number of nitrogens with one attached hydrogen (secondary N) is 1. The summed E-state index contributed by atoms with van der Waals surface area (Å²) in [4.78, 5) is 15.1. The maximum atomic E-state index is 11.8. The highest BCUT2D eigenvalue weighted by Crippen LogP contribution is 2.33. The summed E-state index contributed by atoms with van der Waals surface area (Å²) in [7, 11) is 3.29. The normalized spacial score (nSPS) is 11.8. The fourth-order valence-corrected chi connectivity index (χ4v) is 3.77. The lowest BCUT2D eigenvalue weighted by atomic mass is 9.88. The van der Waals surface area contributed by atoms with E-state index >= 15 is 0 Å². The molecule has 0 bridgehead atoms. The van der Waals surface area contributed by atoms with Gasteiger partial charge in [0.1, 0.15) is 17.2 Å². The van der Waals surface area contributed by atoms with Crippen LogP contribution in [0.3, 0.4) is 0 Å². The Morgan fingerprint density at radius 1 is 1.15 bits per heavy atom. The van der Waals surface area contributed by atoms with Crippen molar-refractivity contribution in [1.82, 2.24) is 0 Å². The minimum absolute atomic E-state index is 0.0336. The molecule has 5 nitrogen and oxygen atoms in total. The van der Waals surface area contributed by atoms with E-state index in [2.05, 4.69) is 4.98 Å². The number of nitrogens with two attached hydrogens (primary N) is 1. The number of benzene rings is 2. The number of carbonyl (C=O) groups is 1. The maximum absolute atomic E-state index is 11.8. The summed E-state index contributed by atoms with van der Waals surface area (Å²) in [6, 6.07) is 13.5. The number of anilines is 1. The average Bonchev–Trinajstić information content (AvgIpc) is 3.12. The molecule has 0 aliphatic carbocycles. The summed E-state index contributed by atoms with van der Waals surface area (Å²) in [5.74, 6) is 1.65. The topological polar surface area (TPSA) is 75.7 Å². The molecule has 140 valence electrons. The van der Waals surface area contributed by atoms with Gasteiger partial charge < -0.3 is 9.47 Å². The van der Waals surface area contributed by atoms with Gasteiger partial charge in [-0.25, -0.2) is 4.98 Å². The Balaban J connectivity index is 2.03. The van der Waals surface area contributed by atoms with Crippen molar-refractivity contribution in [3.8, 4) is 11.5 Å². The number of ether oxygens (including phenoxy) is 2. The lowest BCUT2D eigenvalue weighted by Gasteiger charge is -2.17. The van der Waals surface area contributed by atoms with Crippen LogP contribution < -0.4 is 20.2 Å². The summed E-state index contributed by atoms with van der Waals surface area (Å²) in [6.07, 6.45) is 0.670. The monoisotopic (exact) mass is 383 g/mol. The highest BCUT2D eigenvalue weighted by atomic mass is 32.1. The Hall–Kier alpha value is -2.86. The molecule has 0 spiro atoms. The van der Waals surface area contributed by atoms with E-state index in [1.54, 1.807) is 27.2 Å². The van der Waals surface area contributed by atoms with Crippen molar-refractivity contribution in [2.75, 3.05) is 20.0 Å². The predicted molar refractivity (Wildman–Crippen MR) is 107 cm³/mol. The van der Waals surface area contributed by atoms with Crippen LogP contribution in [-0.4, -0.2) is 20.0 Å². The molecule has 0 amide bonds. The molecule has 2 aromatic carbocycles. The van der Waals surface area contributed by atoms with Crippen LogP contribution in [0.15, 0.2) is 47.8 Å². The van der Waals surface area contributed by atoms with Crippen molar-refractivity contribution in [2.24, 2.45) is 0 Å². The van der Waals surface area contributed by atoms with Crippen LogP contribution in [-0.2, 0) is 6.42 Å². The second kappa shape index (κ2) is 8.22. The van der Waals surface area contributed by atoms with E-state index in [4.69, 9.17) is 15.2 Å². The fraction of sp³-hybridized carbons (Fsp3) is 0.238. The maximum Gasteiger partial charge on any atom is 0.329 e. The van der Waals surface area contributed by atoms with E-state index in [-0.39, 0.29) is 11.7 Å². The van der Waals surface area contributed by atoms with Gasteiger partial charge in [0, 0.05) is 10.9 Å². The largest absolute Gasteiger partial charge is 0.497 e. The first-order valence-electron chi connectivity index (χ1n) is 8.59. The van der Waals surface area contributed by atoms with E-state index in [9.17, 15) is 4.79 Å². The Labute approximate surface area is 162 Å². The van der Waals surface area contributed by atoms with Crippen molar-refractivity contribution in [2.45, 2.75) is 19.3 Å². The molecule has 6 heteroatoms.